The van der Waals surface area contributed by atoms with Crippen LogP contribution in [0.2, 0.25) is 0 Å². The fourth-order valence-electron chi connectivity index (χ4n) is 3.01. The van der Waals surface area contributed by atoms with Crippen LogP contribution in [0.5, 0.6) is 0 Å². The molecule has 0 spiro atoms. The van der Waals surface area contributed by atoms with Crippen molar-refractivity contribution in [3.05, 3.63) is 24.3 Å². The Hall–Kier alpha value is -1.08. The third kappa shape index (κ3) is 5.20. The Kier molecular flexibility index (Phi) is 8.93. The SMILES string of the molecule is CNCCN(C)C(=O)C1CCN(c2nc3ccccc3s2)CC1.Cl.Cl. The maximum Gasteiger partial charge on any atom is 0.225 e. The molecule has 8 heteroatoms. The van der Waals surface area contributed by atoms with Gasteiger partial charge in [0.1, 0.15) is 0 Å². The van der Waals surface area contributed by atoms with Crippen LogP contribution in [0.25, 0.3) is 10.2 Å². The number of carbonyl (C=O) groups is 1. The van der Waals surface area contributed by atoms with Crippen LogP contribution in [0.3, 0.4) is 0 Å². The number of nitrogens with one attached hydrogen (secondary N) is 1. The van der Waals surface area contributed by atoms with Gasteiger partial charge in [-0.3, -0.25) is 4.79 Å². The molecule has 5 nitrogen and oxygen atoms in total. The lowest BCUT2D eigenvalue weighted by Gasteiger charge is -2.33. The Morgan fingerprint density at radius 2 is 2.00 bits per heavy atom. The van der Waals surface area contributed by atoms with Gasteiger partial charge in [-0.1, -0.05) is 23.5 Å². The molecule has 0 unspecified atom stereocenters. The van der Waals surface area contributed by atoms with Crippen molar-refractivity contribution >= 4 is 57.4 Å². The maximum atomic E-state index is 12.5. The van der Waals surface area contributed by atoms with Gasteiger partial charge in [0.25, 0.3) is 0 Å². The fourth-order valence-corrected chi connectivity index (χ4v) is 4.03. The number of rotatable bonds is 5. The van der Waals surface area contributed by atoms with Gasteiger partial charge in [0.2, 0.25) is 5.91 Å². The topological polar surface area (TPSA) is 48.5 Å². The number of fused-ring (bicyclic) bond motifs is 1. The van der Waals surface area contributed by atoms with Crippen molar-refractivity contribution in [3.8, 4) is 0 Å². The lowest BCUT2D eigenvalue weighted by molar-refractivity contribution is -0.134. The number of aromatic nitrogens is 1. The summed E-state index contributed by atoms with van der Waals surface area (Å²) in [5, 5.41) is 4.17. The molecule has 25 heavy (non-hydrogen) atoms. The second-order valence-corrected chi connectivity index (χ2v) is 7.10. The summed E-state index contributed by atoms with van der Waals surface area (Å²) in [5.74, 6) is 0.437. The van der Waals surface area contributed by atoms with Gasteiger partial charge in [0.05, 0.1) is 10.2 Å². The molecule has 1 N–H and O–H groups in total. The molecule has 2 heterocycles. The van der Waals surface area contributed by atoms with E-state index in [1.165, 1.54) is 4.70 Å². The Morgan fingerprint density at radius 3 is 2.64 bits per heavy atom. The third-order valence-electron chi connectivity index (χ3n) is 4.47. The van der Waals surface area contributed by atoms with E-state index in [2.05, 4.69) is 28.4 Å². The van der Waals surface area contributed by atoms with E-state index in [0.717, 1.165) is 49.7 Å². The van der Waals surface area contributed by atoms with Crippen molar-refractivity contribution in [2.45, 2.75) is 12.8 Å². The number of nitrogens with zero attached hydrogens (tertiary/aromatic N) is 3. The molecular formula is C17H26Cl2N4OS. The van der Waals surface area contributed by atoms with Gasteiger partial charge in [0, 0.05) is 39.1 Å². The standard InChI is InChI=1S/C17H24N4OS.2ClH/c1-18-9-12-20(2)16(22)13-7-10-21(11-8-13)17-19-14-5-3-4-6-15(14)23-17;;/h3-6,13,18H,7-12H2,1-2H3;2*1H. The largest absolute Gasteiger partial charge is 0.348 e. The van der Waals surface area contributed by atoms with E-state index >= 15 is 0 Å². The average Bonchev–Trinajstić information content (AvgIpc) is 3.03. The number of hydrogen-bond donors (Lipinski definition) is 1. The Morgan fingerprint density at radius 1 is 1.32 bits per heavy atom. The number of likely N-dealkylation sites (N-methyl/N-ethyl adjacent to an activating group) is 2. The van der Waals surface area contributed by atoms with Crippen molar-refractivity contribution < 1.29 is 4.79 Å². The van der Waals surface area contributed by atoms with Crippen molar-refractivity contribution in [3.63, 3.8) is 0 Å². The number of thiazole rings is 1. The number of amides is 1. The van der Waals surface area contributed by atoms with E-state index in [1.807, 2.05) is 25.1 Å². The van der Waals surface area contributed by atoms with Crippen molar-refractivity contribution in [2.75, 3.05) is 45.2 Å². The number of piperidine rings is 1. The maximum absolute atomic E-state index is 12.5. The molecule has 1 fully saturated rings. The minimum atomic E-state index is 0. The van der Waals surface area contributed by atoms with Crippen LogP contribution in [0.15, 0.2) is 24.3 Å². The first-order chi connectivity index (χ1) is 11.2. The monoisotopic (exact) mass is 404 g/mol. The summed E-state index contributed by atoms with van der Waals surface area (Å²) < 4.78 is 1.23. The van der Waals surface area contributed by atoms with Crippen LogP contribution in [-0.4, -0.2) is 56.1 Å². The van der Waals surface area contributed by atoms with Crippen LogP contribution in [0.4, 0.5) is 5.13 Å². The predicted octanol–water partition coefficient (Wildman–Crippen LogP) is 3.03. The van der Waals surface area contributed by atoms with Crippen LogP contribution < -0.4 is 10.2 Å². The lowest BCUT2D eigenvalue weighted by atomic mass is 9.95. The van der Waals surface area contributed by atoms with E-state index in [4.69, 9.17) is 4.98 Å². The minimum absolute atomic E-state index is 0. The highest BCUT2D eigenvalue weighted by molar-refractivity contribution is 7.22. The zero-order valence-corrected chi connectivity index (χ0v) is 17.1. The van der Waals surface area contributed by atoms with E-state index in [1.54, 1.807) is 11.3 Å². The van der Waals surface area contributed by atoms with Crippen LogP contribution in [0, 0.1) is 5.92 Å². The molecule has 1 amide bonds. The van der Waals surface area contributed by atoms with Crippen LogP contribution >= 0.6 is 36.2 Å². The molecule has 3 rings (SSSR count). The summed E-state index contributed by atoms with van der Waals surface area (Å²) >= 11 is 1.74. The molecule has 1 aliphatic rings. The van der Waals surface area contributed by atoms with Crippen molar-refractivity contribution in [1.29, 1.82) is 0 Å². The molecule has 140 valence electrons. The number of hydrogen-bond acceptors (Lipinski definition) is 5. The second-order valence-electron chi connectivity index (χ2n) is 6.09. The molecule has 0 radical (unpaired) electrons. The molecule has 1 aromatic carbocycles. The molecule has 1 saturated heterocycles. The zero-order valence-electron chi connectivity index (χ0n) is 14.6. The highest BCUT2D eigenvalue weighted by atomic mass is 35.5. The van der Waals surface area contributed by atoms with Gasteiger partial charge in [-0.05, 0) is 32.0 Å². The number of benzene rings is 1. The Labute approximate surface area is 165 Å². The molecule has 2 aromatic rings. The predicted molar refractivity (Wildman–Crippen MR) is 111 cm³/mol. The van der Waals surface area contributed by atoms with E-state index in [0.29, 0.717) is 0 Å². The first-order valence-electron chi connectivity index (χ1n) is 8.19. The second kappa shape index (κ2) is 10.2. The molecule has 0 atom stereocenters. The van der Waals surface area contributed by atoms with Crippen LogP contribution in [-0.2, 0) is 4.79 Å². The lowest BCUT2D eigenvalue weighted by Crippen LogP contribution is -2.42. The van der Waals surface area contributed by atoms with Gasteiger partial charge >= 0.3 is 0 Å². The van der Waals surface area contributed by atoms with Gasteiger partial charge in [-0.2, -0.15) is 0 Å². The van der Waals surface area contributed by atoms with Gasteiger partial charge in [-0.15, -0.1) is 24.8 Å². The smallest absolute Gasteiger partial charge is 0.225 e. The van der Waals surface area contributed by atoms with Gasteiger partial charge in [-0.25, -0.2) is 4.98 Å². The quantitative estimate of drug-likeness (QED) is 0.831. The minimum Gasteiger partial charge on any atom is -0.348 e. The molecule has 1 aromatic heterocycles. The molecule has 1 aliphatic heterocycles. The van der Waals surface area contributed by atoms with Gasteiger partial charge < -0.3 is 15.1 Å². The van der Waals surface area contributed by atoms with Crippen molar-refractivity contribution in [2.24, 2.45) is 5.92 Å². The first-order valence-corrected chi connectivity index (χ1v) is 9.01. The summed E-state index contributed by atoms with van der Waals surface area (Å²) in [5.41, 5.74) is 1.07. The number of halogens is 2. The Bertz CT molecular complexity index is 640. The van der Waals surface area contributed by atoms with E-state index in [9.17, 15) is 4.79 Å². The summed E-state index contributed by atoms with van der Waals surface area (Å²) in [6, 6.07) is 8.25. The summed E-state index contributed by atoms with van der Waals surface area (Å²) in [6.07, 6.45) is 1.83. The normalized spacial score (nSPS) is 14.7. The number of anilines is 1. The fraction of sp³-hybridized carbons (Fsp3) is 0.529. The van der Waals surface area contributed by atoms with Crippen molar-refractivity contribution in [1.82, 2.24) is 15.2 Å². The summed E-state index contributed by atoms with van der Waals surface area (Å²) in [6.45, 7) is 3.44. The molecular weight excluding hydrogens is 379 g/mol. The van der Waals surface area contributed by atoms with E-state index < -0.39 is 0 Å². The molecule has 0 saturated carbocycles. The zero-order chi connectivity index (χ0) is 16.2. The molecule has 0 bridgehead atoms. The van der Waals surface area contributed by atoms with Crippen LogP contribution in [0.1, 0.15) is 12.8 Å². The average molecular weight is 405 g/mol. The Balaban J connectivity index is 0.00000156. The highest BCUT2D eigenvalue weighted by Gasteiger charge is 2.28. The summed E-state index contributed by atoms with van der Waals surface area (Å²) in [4.78, 5) is 21.4. The van der Waals surface area contributed by atoms with Gasteiger partial charge in [0.15, 0.2) is 5.13 Å². The highest BCUT2D eigenvalue weighted by Crippen LogP contribution is 2.31. The molecule has 0 aliphatic carbocycles. The first kappa shape index (κ1) is 22.0. The number of carbonyl (C=O) groups excluding carboxylic acids is 1. The number of para-hydroxylation sites is 1. The van der Waals surface area contributed by atoms with E-state index in [-0.39, 0.29) is 36.6 Å². The third-order valence-corrected chi connectivity index (χ3v) is 5.57. The summed E-state index contributed by atoms with van der Waals surface area (Å²) in [7, 11) is 3.81.